The summed E-state index contributed by atoms with van der Waals surface area (Å²) in [4.78, 5) is 0. The molecule has 3 unspecified atom stereocenters. The van der Waals surface area contributed by atoms with Crippen molar-refractivity contribution in [2.75, 3.05) is 5.43 Å². The number of benzene rings is 1. The molecule has 0 spiro atoms. The van der Waals surface area contributed by atoms with Gasteiger partial charge in [-0.25, -0.2) is 5.43 Å². The second-order valence-electron chi connectivity index (χ2n) is 6.19. The third kappa shape index (κ3) is 3.82. The van der Waals surface area contributed by atoms with Gasteiger partial charge in [-0.1, -0.05) is 51.1 Å². The zero-order chi connectivity index (χ0) is 13.9. The van der Waals surface area contributed by atoms with Gasteiger partial charge in [0.05, 0.1) is 0 Å². The Labute approximate surface area is 115 Å². The van der Waals surface area contributed by atoms with Crippen LogP contribution in [0.2, 0.25) is 0 Å². The van der Waals surface area contributed by atoms with Gasteiger partial charge >= 0.3 is 0 Å². The molecular formula is C16H24N2O. The molecule has 0 saturated carbocycles. The minimum Gasteiger partial charge on any atom is -0.376 e. The van der Waals surface area contributed by atoms with Crippen molar-refractivity contribution in [3.8, 4) is 0 Å². The van der Waals surface area contributed by atoms with Crippen molar-refractivity contribution in [2.45, 2.75) is 33.4 Å². The number of nitrogens with one attached hydrogen (secondary N) is 2. The van der Waals surface area contributed by atoms with Gasteiger partial charge in [0.1, 0.15) is 6.23 Å². The summed E-state index contributed by atoms with van der Waals surface area (Å²) < 4.78 is 0. The lowest BCUT2D eigenvalue weighted by atomic mass is 9.72. The minimum atomic E-state index is -0.581. The van der Waals surface area contributed by atoms with Crippen LogP contribution in [0, 0.1) is 17.3 Å². The molecule has 0 radical (unpaired) electrons. The van der Waals surface area contributed by atoms with Crippen molar-refractivity contribution < 1.29 is 5.11 Å². The van der Waals surface area contributed by atoms with Crippen molar-refractivity contribution in [1.82, 2.24) is 5.43 Å². The summed E-state index contributed by atoms with van der Waals surface area (Å²) in [5.41, 5.74) is 7.22. The number of hydrazine groups is 1. The van der Waals surface area contributed by atoms with Crippen molar-refractivity contribution in [3.05, 3.63) is 42.5 Å². The first kappa shape index (κ1) is 14.1. The Balaban J connectivity index is 1.92. The Morgan fingerprint density at radius 2 is 1.95 bits per heavy atom. The van der Waals surface area contributed by atoms with Gasteiger partial charge in [-0.05, 0) is 29.9 Å². The minimum absolute atomic E-state index is 0.143. The number of anilines is 1. The molecule has 3 atom stereocenters. The Morgan fingerprint density at radius 3 is 2.58 bits per heavy atom. The zero-order valence-electron chi connectivity index (χ0n) is 11.9. The van der Waals surface area contributed by atoms with Crippen LogP contribution in [-0.4, -0.2) is 11.3 Å². The van der Waals surface area contributed by atoms with Crippen molar-refractivity contribution >= 4 is 5.69 Å². The van der Waals surface area contributed by atoms with Gasteiger partial charge in [0.25, 0.3) is 0 Å². The number of rotatable bonds is 4. The molecule has 2 rings (SSSR count). The summed E-state index contributed by atoms with van der Waals surface area (Å²) in [7, 11) is 0. The van der Waals surface area contributed by atoms with E-state index in [1.807, 2.05) is 30.3 Å². The third-order valence-corrected chi connectivity index (χ3v) is 3.78. The van der Waals surface area contributed by atoms with E-state index >= 15 is 0 Å². The predicted molar refractivity (Wildman–Crippen MR) is 79.4 cm³/mol. The monoisotopic (exact) mass is 260 g/mol. The number of hydrogen-bond donors (Lipinski definition) is 3. The predicted octanol–water partition coefficient (Wildman–Crippen LogP) is 3.16. The van der Waals surface area contributed by atoms with E-state index in [2.05, 4.69) is 43.8 Å². The first-order valence-corrected chi connectivity index (χ1v) is 6.92. The van der Waals surface area contributed by atoms with Crippen LogP contribution in [0.4, 0.5) is 5.69 Å². The first-order chi connectivity index (χ1) is 8.98. The molecule has 0 amide bonds. The van der Waals surface area contributed by atoms with Crippen molar-refractivity contribution in [1.29, 1.82) is 0 Å². The Kier molecular flexibility index (Phi) is 4.27. The number of aliphatic hydroxyl groups excluding tert-OH is 1. The Bertz CT molecular complexity index is 428. The van der Waals surface area contributed by atoms with Gasteiger partial charge in [0.15, 0.2) is 0 Å². The van der Waals surface area contributed by atoms with E-state index in [0.29, 0.717) is 5.92 Å². The van der Waals surface area contributed by atoms with E-state index in [9.17, 15) is 5.11 Å². The van der Waals surface area contributed by atoms with E-state index in [0.717, 1.165) is 12.1 Å². The number of aliphatic hydroxyl groups is 1. The second kappa shape index (κ2) is 5.76. The van der Waals surface area contributed by atoms with Crippen molar-refractivity contribution in [2.24, 2.45) is 17.3 Å². The molecule has 0 saturated heterocycles. The quantitative estimate of drug-likeness (QED) is 0.442. The maximum absolute atomic E-state index is 10.3. The van der Waals surface area contributed by atoms with Crippen molar-refractivity contribution in [3.63, 3.8) is 0 Å². The Morgan fingerprint density at radius 1 is 1.26 bits per heavy atom. The maximum Gasteiger partial charge on any atom is 0.127 e. The highest BCUT2D eigenvalue weighted by atomic mass is 16.3. The smallest absolute Gasteiger partial charge is 0.127 e. The average Bonchev–Trinajstić information content (AvgIpc) is 2.36. The lowest BCUT2D eigenvalue weighted by Crippen LogP contribution is -2.43. The van der Waals surface area contributed by atoms with Gasteiger partial charge in [-0.15, -0.1) is 0 Å². The molecule has 104 valence electrons. The van der Waals surface area contributed by atoms with Crippen LogP contribution in [-0.2, 0) is 0 Å². The number of hydrogen-bond acceptors (Lipinski definition) is 3. The second-order valence-corrected chi connectivity index (χ2v) is 6.19. The molecule has 19 heavy (non-hydrogen) atoms. The van der Waals surface area contributed by atoms with Crippen LogP contribution in [0.5, 0.6) is 0 Å². The topological polar surface area (TPSA) is 44.3 Å². The van der Waals surface area contributed by atoms with Gasteiger partial charge < -0.3 is 10.5 Å². The highest BCUT2D eigenvalue weighted by molar-refractivity contribution is 5.41. The molecule has 0 fully saturated rings. The molecule has 1 aliphatic rings. The molecule has 1 aromatic rings. The van der Waals surface area contributed by atoms with Gasteiger partial charge in [-0.3, -0.25) is 0 Å². The molecule has 0 bridgehead atoms. The Hall–Kier alpha value is -1.32. The van der Waals surface area contributed by atoms with Gasteiger partial charge in [-0.2, -0.15) is 0 Å². The van der Waals surface area contributed by atoms with E-state index in [1.165, 1.54) is 0 Å². The fourth-order valence-electron chi connectivity index (χ4n) is 2.79. The van der Waals surface area contributed by atoms with Crippen LogP contribution in [0.1, 0.15) is 27.2 Å². The van der Waals surface area contributed by atoms with Gasteiger partial charge in [0.2, 0.25) is 0 Å². The van der Waals surface area contributed by atoms with E-state index in [4.69, 9.17) is 0 Å². The van der Waals surface area contributed by atoms with E-state index < -0.39 is 6.23 Å². The molecule has 1 aliphatic carbocycles. The van der Waals surface area contributed by atoms with Crippen LogP contribution < -0.4 is 10.9 Å². The van der Waals surface area contributed by atoms with E-state index in [-0.39, 0.29) is 11.3 Å². The summed E-state index contributed by atoms with van der Waals surface area (Å²) >= 11 is 0. The zero-order valence-corrected chi connectivity index (χ0v) is 11.9. The molecule has 3 heteroatoms. The lowest BCUT2D eigenvalue weighted by Gasteiger charge is -2.36. The van der Waals surface area contributed by atoms with Crippen LogP contribution in [0.3, 0.4) is 0 Å². The fourth-order valence-corrected chi connectivity index (χ4v) is 2.79. The largest absolute Gasteiger partial charge is 0.376 e. The van der Waals surface area contributed by atoms with Crippen LogP contribution in [0.15, 0.2) is 42.5 Å². The summed E-state index contributed by atoms with van der Waals surface area (Å²) in [6.45, 7) is 6.67. The fraction of sp³-hybridized carbons (Fsp3) is 0.500. The SMILES string of the molecule is CC1CC(C)(C)C=CC1C(O)NNc1ccccc1. The third-order valence-electron chi connectivity index (χ3n) is 3.78. The lowest BCUT2D eigenvalue weighted by molar-refractivity contribution is 0.0628. The van der Waals surface area contributed by atoms with E-state index in [1.54, 1.807) is 0 Å². The average molecular weight is 260 g/mol. The highest BCUT2D eigenvalue weighted by Gasteiger charge is 2.31. The van der Waals surface area contributed by atoms with Gasteiger partial charge in [0, 0.05) is 11.6 Å². The summed E-state index contributed by atoms with van der Waals surface area (Å²) in [5.74, 6) is 0.601. The normalized spacial score (nSPS) is 26.9. The summed E-state index contributed by atoms with van der Waals surface area (Å²) in [6.07, 6.45) is 4.87. The van der Waals surface area contributed by atoms with Crippen LogP contribution >= 0.6 is 0 Å². The molecule has 0 aromatic heterocycles. The first-order valence-electron chi connectivity index (χ1n) is 6.92. The number of para-hydroxylation sites is 1. The molecular weight excluding hydrogens is 236 g/mol. The molecule has 0 aliphatic heterocycles. The maximum atomic E-state index is 10.3. The summed E-state index contributed by atoms with van der Waals surface area (Å²) in [6, 6.07) is 9.81. The molecule has 1 aromatic carbocycles. The summed E-state index contributed by atoms with van der Waals surface area (Å²) in [5, 5.41) is 10.3. The van der Waals surface area contributed by atoms with Crippen LogP contribution in [0.25, 0.3) is 0 Å². The molecule has 3 N–H and O–H groups in total. The molecule has 0 heterocycles. The highest BCUT2D eigenvalue weighted by Crippen LogP contribution is 2.37. The number of allylic oxidation sites excluding steroid dienone is 1. The molecule has 3 nitrogen and oxygen atoms in total. The standard InChI is InChI=1S/C16H24N2O/c1-12-11-16(2,3)10-9-14(12)15(19)18-17-13-7-5-4-6-8-13/h4-10,12,14-15,17-19H,11H2,1-3H3.